The van der Waals surface area contributed by atoms with Gasteiger partial charge < -0.3 is 0 Å². The molecule has 0 fully saturated rings. The number of Topliss-reactive ketones (excluding diaryl/α,β-unsaturated/α-hetero) is 2. The molecule has 0 amide bonds. The molecule has 0 aliphatic rings. The summed E-state index contributed by atoms with van der Waals surface area (Å²) in [5, 5.41) is 0. The zero-order chi connectivity index (χ0) is 10.7. The number of carbonyl (C=O) groups is 2. The average molecular weight is 255 g/mol. The Morgan fingerprint density at radius 2 is 2.00 bits per heavy atom. The molecule has 1 aromatic carbocycles. The van der Waals surface area contributed by atoms with Gasteiger partial charge in [0.25, 0.3) is 0 Å². The molecule has 14 heavy (non-hydrogen) atoms. The Hall–Kier alpha value is -0.960. The second kappa shape index (κ2) is 4.51. The smallest absolute Gasteiger partial charge is 0.216 e. The second-order valence-electron chi connectivity index (χ2n) is 3.20. The molecule has 0 N–H and O–H groups in total. The van der Waals surface area contributed by atoms with E-state index >= 15 is 0 Å². The molecule has 0 saturated carbocycles. The van der Waals surface area contributed by atoms with E-state index in [4.69, 9.17) is 0 Å². The van der Waals surface area contributed by atoms with Gasteiger partial charge in [0, 0.05) is 6.92 Å². The summed E-state index contributed by atoms with van der Waals surface area (Å²) in [6, 6.07) is 7.53. The Labute approximate surface area is 91.4 Å². The van der Waals surface area contributed by atoms with Gasteiger partial charge in [0.05, 0.1) is 0 Å². The first kappa shape index (κ1) is 11.1. The minimum absolute atomic E-state index is 0.407. The SMILES string of the molecule is CC(=O)C(=O)C(Br)c1cccc(C)c1. The van der Waals surface area contributed by atoms with Gasteiger partial charge in [-0.3, -0.25) is 9.59 Å². The number of carbonyl (C=O) groups excluding carboxylic acids is 2. The summed E-state index contributed by atoms with van der Waals surface area (Å²) < 4.78 is 0. The molecule has 3 heteroatoms. The average Bonchev–Trinajstić information content (AvgIpc) is 2.15. The highest BCUT2D eigenvalue weighted by Gasteiger charge is 2.20. The van der Waals surface area contributed by atoms with E-state index < -0.39 is 16.4 Å². The summed E-state index contributed by atoms with van der Waals surface area (Å²) in [4.78, 5) is 21.7. The first-order chi connectivity index (χ1) is 6.52. The van der Waals surface area contributed by atoms with Crippen molar-refractivity contribution in [1.29, 1.82) is 0 Å². The minimum Gasteiger partial charge on any atom is -0.291 e. The minimum atomic E-state index is -0.514. The molecular formula is C11H11BrO2. The van der Waals surface area contributed by atoms with Gasteiger partial charge in [-0.2, -0.15) is 0 Å². The number of ketones is 2. The molecule has 1 unspecified atom stereocenters. The molecule has 0 aliphatic carbocycles. The maximum Gasteiger partial charge on any atom is 0.216 e. The van der Waals surface area contributed by atoms with E-state index in [0.29, 0.717) is 0 Å². The lowest BCUT2D eigenvalue weighted by Crippen LogP contribution is -2.15. The van der Waals surface area contributed by atoms with Crippen LogP contribution in [0, 0.1) is 6.92 Å². The molecule has 0 radical (unpaired) electrons. The number of aryl methyl sites for hydroxylation is 1. The Morgan fingerprint density at radius 1 is 1.36 bits per heavy atom. The third-order valence-corrected chi connectivity index (χ3v) is 2.86. The van der Waals surface area contributed by atoms with Gasteiger partial charge in [-0.25, -0.2) is 0 Å². The van der Waals surface area contributed by atoms with E-state index in [1.54, 1.807) is 0 Å². The normalized spacial score (nSPS) is 12.2. The van der Waals surface area contributed by atoms with Crippen LogP contribution in [0.5, 0.6) is 0 Å². The zero-order valence-corrected chi connectivity index (χ0v) is 9.67. The van der Waals surface area contributed by atoms with Gasteiger partial charge in [-0.1, -0.05) is 45.8 Å². The van der Waals surface area contributed by atoms with Gasteiger partial charge in [0.15, 0.2) is 5.78 Å². The lowest BCUT2D eigenvalue weighted by molar-refractivity contribution is -0.135. The van der Waals surface area contributed by atoms with Crippen LogP contribution < -0.4 is 0 Å². The van der Waals surface area contributed by atoms with Crippen LogP contribution in [0.3, 0.4) is 0 Å². The van der Waals surface area contributed by atoms with Crippen molar-refractivity contribution in [2.75, 3.05) is 0 Å². The summed E-state index contributed by atoms with van der Waals surface area (Å²) in [6.07, 6.45) is 0. The molecular weight excluding hydrogens is 244 g/mol. The van der Waals surface area contributed by atoms with Crippen molar-refractivity contribution in [3.05, 3.63) is 35.4 Å². The molecule has 0 heterocycles. The van der Waals surface area contributed by atoms with Crippen molar-refractivity contribution in [2.24, 2.45) is 0 Å². The molecule has 2 nitrogen and oxygen atoms in total. The highest BCUT2D eigenvalue weighted by molar-refractivity contribution is 9.09. The van der Waals surface area contributed by atoms with Crippen molar-refractivity contribution in [3.63, 3.8) is 0 Å². The van der Waals surface area contributed by atoms with Crippen LogP contribution in [0.2, 0.25) is 0 Å². The molecule has 0 bridgehead atoms. The van der Waals surface area contributed by atoms with Gasteiger partial charge in [0.2, 0.25) is 5.78 Å². The molecule has 0 saturated heterocycles. The number of hydrogen-bond donors (Lipinski definition) is 0. The van der Waals surface area contributed by atoms with E-state index in [1.807, 2.05) is 31.2 Å². The van der Waals surface area contributed by atoms with Crippen LogP contribution in [0.4, 0.5) is 0 Å². The van der Waals surface area contributed by atoms with Crippen molar-refractivity contribution in [2.45, 2.75) is 18.7 Å². The van der Waals surface area contributed by atoms with E-state index in [1.165, 1.54) is 6.92 Å². The summed E-state index contributed by atoms with van der Waals surface area (Å²) in [5.41, 5.74) is 1.90. The van der Waals surface area contributed by atoms with Gasteiger partial charge >= 0.3 is 0 Å². The Morgan fingerprint density at radius 3 is 2.50 bits per heavy atom. The number of halogens is 1. The van der Waals surface area contributed by atoms with Gasteiger partial charge in [-0.05, 0) is 12.5 Å². The fourth-order valence-corrected chi connectivity index (χ4v) is 1.76. The van der Waals surface area contributed by atoms with Crippen molar-refractivity contribution in [3.8, 4) is 0 Å². The highest BCUT2D eigenvalue weighted by atomic mass is 79.9. The molecule has 74 valence electrons. The van der Waals surface area contributed by atoms with Crippen LogP contribution >= 0.6 is 15.9 Å². The molecule has 1 rings (SSSR count). The summed E-state index contributed by atoms with van der Waals surface area (Å²) in [5.74, 6) is -0.830. The summed E-state index contributed by atoms with van der Waals surface area (Å²) >= 11 is 3.22. The molecule has 1 aromatic rings. The summed E-state index contributed by atoms with van der Waals surface area (Å²) in [7, 11) is 0. The number of benzene rings is 1. The van der Waals surface area contributed by atoms with Crippen LogP contribution in [-0.2, 0) is 9.59 Å². The van der Waals surface area contributed by atoms with Crippen LogP contribution in [-0.4, -0.2) is 11.6 Å². The maximum absolute atomic E-state index is 11.4. The van der Waals surface area contributed by atoms with Crippen LogP contribution in [0.1, 0.15) is 22.9 Å². The molecule has 0 aromatic heterocycles. The van der Waals surface area contributed by atoms with Crippen molar-refractivity contribution < 1.29 is 9.59 Å². The molecule has 1 atom stereocenters. The second-order valence-corrected chi connectivity index (χ2v) is 4.11. The number of rotatable bonds is 3. The summed E-state index contributed by atoms with van der Waals surface area (Å²) in [6.45, 7) is 3.23. The largest absolute Gasteiger partial charge is 0.291 e. The predicted octanol–water partition coefficient (Wildman–Crippen LogP) is 2.59. The van der Waals surface area contributed by atoms with Gasteiger partial charge in [-0.15, -0.1) is 0 Å². The lowest BCUT2D eigenvalue weighted by Gasteiger charge is -2.07. The standard InChI is InChI=1S/C11H11BrO2/c1-7-4-3-5-9(6-7)10(12)11(14)8(2)13/h3-6,10H,1-2H3. The van der Waals surface area contributed by atoms with E-state index in [0.717, 1.165) is 11.1 Å². The Balaban J connectivity index is 2.95. The first-order valence-corrected chi connectivity index (χ1v) is 5.19. The number of hydrogen-bond acceptors (Lipinski definition) is 2. The Bertz CT molecular complexity index is 371. The molecule has 0 spiro atoms. The fourth-order valence-electron chi connectivity index (χ4n) is 1.16. The monoisotopic (exact) mass is 254 g/mol. The van der Waals surface area contributed by atoms with Gasteiger partial charge in [0.1, 0.15) is 4.83 Å². The maximum atomic E-state index is 11.4. The Kier molecular flexibility index (Phi) is 3.58. The van der Waals surface area contributed by atoms with Crippen LogP contribution in [0.25, 0.3) is 0 Å². The third kappa shape index (κ3) is 2.51. The lowest BCUT2D eigenvalue weighted by atomic mass is 10.0. The zero-order valence-electron chi connectivity index (χ0n) is 8.08. The molecule has 0 aliphatic heterocycles. The number of alkyl halides is 1. The fraction of sp³-hybridized carbons (Fsp3) is 0.273. The predicted molar refractivity (Wildman–Crippen MR) is 58.5 cm³/mol. The highest BCUT2D eigenvalue weighted by Crippen LogP contribution is 2.24. The van der Waals surface area contributed by atoms with Crippen molar-refractivity contribution >= 4 is 27.5 Å². The third-order valence-electron chi connectivity index (χ3n) is 1.91. The van der Waals surface area contributed by atoms with E-state index in [2.05, 4.69) is 15.9 Å². The quantitative estimate of drug-likeness (QED) is 0.614. The topological polar surface area (TPSA) is 34.1 Å². The first-order valence-electron chi connectivity index (χ1n) is 4.28. The van der Waals surface area contributed by atoms with Crippen molar-refractivity contribution in [1.82, 2.24) is 0 Å². The van der Waals surface area contributed by atoms with E-state index in [-0.39, 0.29) is 0 Å². The van der Waals surface area contributed by atoms with E-state index in [9.17, 15) is 9.59 Å². The van der Waals surface area contributed by atoms with Crippen LogP contribution in [0.15, 0.2) is 24.3 Å².